The minimum absolute atomic E-state index is 0.109. The van der Waals surface area contributed by atoms with Crippen LogP contribution in [0.4, 0.5) is 0 Å². The predicted molar refractivity (Wildman–Crippen MR) is 99.5 cm³/mol. The van der Waals surface area contributed by atoms with Gasteiger partial charge in [-0.05, 0) is 44.9 Å². The summed E-state index contributed by atoms with van der Waals surface area (Å²) in [6.07, 6.45) is 4.69. The molecule has 5 aliphatic rings. The first kappa shape index (κ1) is 19.3. The molecule has 3 saturated heterocycles. The fraction of sp³-hybridized carbons (Fsp3) is 0.864. The van der Waals surface area contributed by atoms with E-state index in [2.05, 4.69) is 6.92 Å². The maximum atomic E-state index is 12.9. The average Bonchev–Trinajstić information content (AvgIpc) is 3.20. The van der Waals surface area contributed by atoms with Crippen molar-refractivity contribution in [1.29, 1.82) is 0 Å². The molecule has 5 fully saturated rings. The summed E-state index contributed by atoms with van der Waals surface area (Å²) in [5.74, 6) is -0.740. The van der Waals surface area contributed by atoms with Crippen LogP contribution in [0.5, 0.6) is 0 Å². The van der Waals surface area contributed by atoms with E-state index >= 15 is 0 Å². The van der Waals surface area contributed by atoms with Crippen molar-refractivity contribution in [1.82, 2.24) is 0 Å². The van der Waals surface area contributed by atoms with Crippen LogP contribution in [-0.2, 0) is 33.3 Å². The zero-order valence-corrected chi connectivity index (χ0v) is 17.5. The highest BCUT2D eigenvalue weighted by Crippen LogP contribution is 2.70. The molecule has 0 N–H and O–H groups in total. The van der Waals surface area contributed by atoms with E-state index in [-0.39, 0.29) is 42.3 Å². The molecule has 7 atom stereocenters. The third-order valence-corrected chi connectivity index (χ3v) is 8.76. The largest absolute Gasteiger partial charge is 0.465 e. The zero-order valence-electron chi connectivity index (χ0n) is 17.5. The number of cyclic esters (lactones) is 2. The van der Waals surface area contributed by atoms with Crippen molar-refractivity contribution in [3.63, 3.8) is 0 Å². The van der Waals surface area contributed by atoms with Gasteiger partial charge in [-0.3, -0.25) is 14.4 Å². The van der Waals surface area contributed by atoms with E-state index in [0.717, 1.165) is 32.1 Å². The second kappa shape index (κ2) is 5.96. The van der Waals surface area contributed by atoms with E-state index in [1.807, 2.05) is 6.92 Å². The van der Waals surface area contributed by atoms with E-state index in [4.69, 9.17) is 18.9 Å². The minimum atomic E-state index is -0.690. The fourth-order valence-corrected chi connectivity index (χ4v) is 7.70. The van der Waals surface area contributed by atoms with Gasteiger partial charge in [0.25, 0.3) is 0 Å². The highest BCUT2D eigenvalue weighted by Gasteiger charge is 2.76. The van der Waals surface area contributed by atoms with Gasteiger partial charge in [-0.15, -0.1) is 0 Å². The molecule has 3 aliphatic heterocycles. The fourth-order valence-electron chi connectivity index (χ4n) is 7.70. The van der Waals surface area contributed by atoms with Gasteiger partial charge in [0, 0.05) is 18.3 Å². The summed E-state index contributed by atoms with van der Waals surface area (Å²) < 4.78 is 23.9. The van der Waals surface area contributed by atoms with Gasteiger partial charge in [-0.1, -0.05) is 13.3 Å². The molecular weight excluding hydrogens is 376 g/mol. The highest BCUT2D eigenvalue weighted by molar-refractivity contribution is 5.79. The Morgan fingerprint density at radius 1 is 1.10 bits per heavy atom. The number of rotatable bonds is 1. The standard InChI is InChI=1S/C22H30O7/c1-13-9-15(28-14(2)23)17-19(3)5-4-6-21(17,12-27-18(19)25)22(13)8-7-20(29-22)10-16(24)26-11-20/h13,15,17H,4-12H2,1-3H3/t13-,15-,17?,19+,20?,21-,22?/m1/s1. The summed E-state index contributed by atoms with van der Waals surface area (Å²) in [6.45, 7) is 6.15. The number of hydrogen-bond acceptors (Lipinski definition) is 7. The Morgan fingerprint density at radius 2 is 1.90 bits per heavy atom. The van der Waals surface area contributed by atoms with E-state index in [1.165, 1.54) is 6.92 Å². The van der Waals surface area contributed by atoms with Gasteiger partial charge in [0.15, 0.2) is 0 Å². The SMILES string of the molecule is CC(=O)O[C@@H]1C[C@@H](C)C2(CCC3(COC(=O)C3)O2)[C@]23CCC[C@](C)(C(=O)OC2)C13. The summed E-state index contributed by atoms with van der Waals surface area (Å²) in [5, 5.41) is 0. The van der Waals surface area contributed by atoms with Gasteiger partial charge >= 0.3 is 17.9 Å². The monoisotopic (exact) mass is 406 g/mol. The Hall–Kier alpha value is -1.63. The lowest BCUT2D eigenvalue weighted by molar-refractivity contribution is -0.306. The van der Waals surface area contributed by atoms with Gasteiger partial charge in [0.1, 0.15) is 24.9 Å². The molecule has 0 radical (unpaired) electrons. The number of hydrogen-bond donors (Lipinski definition) is 0. The summed E-state index contributed by atoms with van der Waals surface area (Å²) in [5.41, 5.74) is -2.19. The van der Waals surface area contributed by atoms with Crippen LogP contribution in [0.25, 0.3) is 0 Å². The molecule has 2 saturated carbocycles. The quantitative estimate of drug-likeness (QED) is 0.488. The number of carbonyl (C=O) groups excluding carboxylic acids is 3. The van der Waals surface area contributed by atoms with Crippen LogP contribution >= 0.6 is 0 Å². The van der Waals surface area contributed by atoms with Gasteiger partial charge in [0.05, 0.1) is 17.4 Å². The molecule has 0 amide bonds. The van der Waals surface area contributed by atoms with Crippen LogP contribution in [-0.4, -0.2) is 48.4 Å². The van der Waals surface area contributed by atoms with Crippen molar-refractivity contribution in [2.45, 2.75) is 83.0 Å². The summed E-state index contributed by atoms with van der Waals surface area (Å²) in [4.78, 5) is 36.7. The second-order valence-corrected chi connectivity index (χ2v) is 10.3. The van der Waals surface area contributed by atoms with Crippen LogP contribution in [0.3, 0.4) is 0 Å². The van der Waals surface area contributed by atoms with Crippen molar-refractivity contribution in [2.75, 3.05) is 13.2 Å². The molecule has 0 aromatic carbocycles. The van der Waals surface area contributed by atoms with Crippen LogP contribution < -0.4 is 0 Å². The molecule has 160 valence electrons. The molecule has 5 rings (SSSR count). The van der Waals surface area contributed by atoms with Crippen LogP contribution in [0.2, 0.25) is 0 Å². The zero-order chi connectivity index (χ0) is 20.7. The highest BCUT2D eigenvalue weighted by atomic mass is 16.6. The van der Waals surface area contributed by atoms with Crippen molar-refractivity contribution in [2.24, 2.45) is 22.7 Å². The molecule has 2 aliphatic carbocycles. The van der Waals surface area contributed by atoms with Gasteiger partial charge in [-0.25, -0.2) is 0 Å². The predicted octanol–water partition coefficient (Wildman–Crippen LogP) is 2.54. The van der Waals surface area contributed by atoms with Gasteiger partial charge in [0.2, 0.25) is 0 Å². The lowest BCUT2D eigenvalue weighted by Crippen LogP contribution is -2.73. The molecule has 0 aromatic heterocycles. The number of ether oxygens (including phenoxy) is 4. The molecule has 2 bridgehead atoms. The van der Waals surface area contributed by atoms with Crippen molar-refractivity contribution >= 4 is 17.9 Å². The Morgan fingerprint density at radius 3 is 2.59 bits per heavy atom. The van der Waals surface area contributed by atoms with Crippen LogP contribution in [0.15, 0.2) is 0 Å². The number of esters is 3. The van der Waals surface area contributed by atoms with E-state index in [9.17, 15) is 14.4 Å². The molecule has 7 heteroatoms. The molecular formula is C22H30O7. The first-order chi connectivity index (χ1) is 13.7. The Bertz CT molecular complexity index is 779. The molecule has 7 nitrogen and oxygen atoms in total. The maximum Gasteiger partial charge on any atom is 0.312 e. The summed E-state index contributed by atoms with van der Waals surface area (Å²) in [6, 6.07) is 0. The maximum absolute atomic E-state index is 12.9. The molecule has 0 aromatic rings. The Kier molecular flexibility index (Phi) is 3.97. The normalized spacial score (nSPS) is 50.9. The van der Waals surface area contributed by atoms with Crippen molar-refractivity contribution < 1.29 is 33.3 Å². The third-order valence-electron chi connectivity index (χ3n) is 8.76. The van der Waals surface area contributed by atoms with Crippen LogP contribution in [0, 0.1) is 22.7 Å². The minimum Gasteiger partial charge on any atom is -0.465 e. The first-order valence-electron chi connectivity index (χ1n) is 10.9. The average molecular weight is 406 g/mol. The Balaban J connectivity index is 1.62. The topological polar surface area (TPSA) is 88.1 Å². The summed E-state index contributed by atoms with van der Waals surface area (Å²) >= 11 is 0. The second-order valence-electron chi connectivity index (χ2n) is 10.3. The first-order valence-corrected chi connectivity index (χ1v) is 10.9. The van der Waals surface area contributed by atoms with Crippen molar-refractivity contribution in [3.8, 4) is 0 Å². The molecule has 2 spiro atoms. The molecule has 29 heavy (non-hydrogen) atoms. The van der Waals surface area contributed by atoms with Crippen LogP contribution in [0.1, 0.15) is 65.7 Å². The summed E-state index contributed by atoms with van der Waals surface area (Å²) in [7, 11) is 0. The van der Waals surface area contributed by atoms with E-state index in [0.29, 0.717) is 19.6 Å². The lowest BCUT2D eigenvalue weighted by Gasteiger charge is -2.67. The van der Waals surface area contributed by atoms with E-state index < -0.39 is 22.0 Å². The molecule has 3 unspecified atom stereocenters. The lowest BCUT2D eigenvalue weighted by atomic mass is 9.42. The van der Waals surface area contributed by atoms with Gasteiger partial charge < -0.3 is 18.9 Å². The Labute approximate surface area is 170 Å². The third kappa shape index (κ3) is 2.37. The number of carbonyl (C=O) groups is 3. The molecule has 3 heterocycles. The smallest absolute Gasteiger partial charge is 0.312 e. The van der Waals surface area contributed by atoms with Gasteiger partial charge in [-0.2, -0.15) is 0 Å². The van der Waals surface area contributed by atoms with E-state index in [1.54, 1.807) is 0 Å². The van der Waals surface area contributed by atoms with Crippen molar-refractivity contribution in [3.05, 3.63) is 0 Å².